The third-order valence-electron chi connectivity index (χ3n) is 4.64. The van der Waals surface area contributed by atoms with Gasteiger partial charge in [0.25, 0.3) is 0 Å². The zero-order valence-electron chi connectivity index (χ0n) is 11.4. The van der Waals surface area contributed by atoms with Crippen LogP contribution < -0.4 is 0 Å². The number of likely N-dealkylation sites (tertiary alicyclic amines) is 1. The van der Waals surface area contributed by atoms with Crippen LogP contribution in [0.1, 0.15) is 39.2 Å². The van der Waals surface area contributed by atoms with E-state index in [2.05, 4.69) is 56.0 Å². The van der Waals surface area contributed by atoms with E-state index in [0.717, 1.165) is 12.5 Å². The molecule has 0 unspecified atom stereocenters. The highest BCUT2D eigenvalue weighted by atomic mass is 15.1. The van der Waals surface area contributed by atoms with Gasteiger partial charge >= 0.3 is 0 Å². The molecule has 1 heterocycles. The Morgan fingerprint density at radius 2 is 1.71 bits per heavy atom. The second kappa shape index (κ2) is 5.22. The summed E-state index contributed by atoms with van der Waals surface area (Å²) in [7, 11) is 0. The van der Waals surface area contributed by atoms with Crippen molar-refractivity contribution in [2.24, 2.45) is 11.3 Å². The summed E-state index contributed by atoms with van der Waals surface area (Å²) in [4.78, 5) is 2.60. The molecule has 1 aromatic rings. The van der Waals surface area contributed by atoms with E-state index in [9.17, 15) is 0 Å². The average molecular weight is 231 g/mol. The lowest BCUT2D eigenvalue weighted by molar-refractivity contribution is 0.0742. The van der Waals surface area contributed by atoms with Gasteiger partial charge in [0.2, 0.25) is 0 Å². The van der Waals surface area contributed by atoms with Gasteiger partial charge in [-0.05, 0) is 42.8 Å². The highest BCUT2D eigenvalue weighted by molar-refractivity contribution is 5.14. The average Bonchev–Trinajstić information content (AvgIpc) is 2.33. The van der Waals surface area contributed by atoms with Gasteiger partial charge < -0.3 is 0 Å². The zero-order valence-corrected chi connectivity index (χ0v) is 11.4. The van der Waals surface area contributed by atoms with E-state index in [1.165, 1.54) is 31.5 Å². The van der Waals surface area contributed by atoms with Gasteiger partial charge in [0.15, 0.2) is 0 Å². The molecule has 0 radical (unpaired) electrons. The molecule has 1 nitrogen and oxygen atoms in total. The lowest BCUT2D eigenvalue weighted by Gasteiger charge is -2.42. The molecule has 94 valence electrons. The third kappa shape index (κ3) is 3.10. The normalized spacial score (nSPS) is 20.7. The van der Waals surface area contributed by atoms with Crippen molar-refractivity contribution in [2.75, 3.05) is 13.1 Å². The van der Waals surface area contributed by atoms with Crippen LogP contribution >= 0.6 is 0 Å². The Kier molecular flexibility index (Phi) is 3.88. The van der Waals surface area contributed by atoms with Crippen molar-refractivity contribution in [1.82, 2.24) is 4.90 Å². The molecule has 2 rings (SSSR count). The maximum absolute atomic E-state index is 2.60. The fourth-order valence-corrected chi connectivity index (χ4v) is 2.64. The van der Waals surface area contributed by atoms with Crippen molar-refractivity contribution in [1.29, 1.82) is 0 Å². The van der Waals surface area contributed by atoms with Crippen LogP contribution in [-0.4, -0.2) is 18.0 Å². The minimum Gasteiger partial charge on any atom is -0.299 e. The van der Waals surface area contributed by atoms with E-state index < -0.39 is 0 Å². The first-order valence-corrected chi connectivity index (χ1v) is 6.86. The van der Waals surface area contributed by atoms with Gasteiger partial charge in [-0.3, -0.25) is 4.90 Å². The Labute approximate surface area is 106 Å². The number of hydrogen-bond acceptors (Lipinski definition) is 1. The van der Waals surface area contributed by atoms with Crippen LogP contribution in [0, 0.1) is 11.3 Å². The Bertz CT molecular complexity index is 334. The first kappa shape index (κ1) is 12.6. The van der Waals surface area contributed by atoms with Crippen LogP contribution in [0.4, 0.5) is 0 Å². The molecule has 0 amide bonds. The molecule has 0 saturated carbocycles. The predicted molar refractivity (Wildman–Crippen MR) is 73.9 cm³/mol. The lowest BCUT2D eigenvalue weighted by Crippen LogP contribution is -2.40. The molecule has 0 aromatic heterocycles. The van der Waals surface area contributed by atoms with Gasteiger partial charge in [-0.2, -0.15) is 0 Å². The smallest absolute Gasteiger partial charge is 0.0233 e. The topological polar surface area (TPSA) is 3.24 Å². The number of nitrogens with zero attached hydrogens (tertiary/aromatic N) is 1. The fourth-order valence-electron chi connectivity index (χ4n) is 2.64. The van der Waals surface area contributed by atoms with Gasteiger partial charge in [-0.25, -0.2) is 0 Å². The van der Waals surface area contributed by atoms with Gasteiger partial charge in [-0.15, -0.1) is 0 Å². The number of hydrogen-bond donors (Lipinski definition) is 0. The van der Waals surface area contributed by atoms with Gasteiger partial charge in [0.05, 0.1) is 0 Å². The highest BCUT2D eigenvalue weighted by Crippen LogP contribution is 2.38. The summed E-state index contributed by atoms with van der Waals surface area (Å²) >= 11 is 0. The minimum absolute atomic E-state index is 0.563. The van der Waals surface area contributed by atoms with E-state index in [-0.39, 0.29) is 0 Å². The van der Waals surface area contributed by atoms with Crippen LogP contribution in [0.3, 0.4) is 0 Å². The molecule has 1 saturated heterocycles. The monoisotopic (exact) mass is 231 g/mol. The second-order valence-electron chi connectivity index (χ2n) is 6.07. The molecular weight excluding hydrogens is 206 g/mol. The van der Waals surface area contributed by atoms with Crippen molar-refractivity contribution in [2.45, 2.75) is 40.2 Å². The van der Waals surface area contributed by atoms with Crippen molar-refractivity contribution in [3.05, 3.63) is 35.9 Å². The Balaban J connectivity index is 1.88. The molecule has 0 spiro atoms. The summed E-state index contributed by atoms with van der Waals surface area (Å²) in [5.41, 5.74) is 2.01. The van der Waals surface area contributed by atoms with Crippen LogP contribution in [0.15, 0.2) is 30.3 Å². The minimum atomic E-state index is 0.563. The standard InChI is InChI=1S/C16H25N/c1-14(2)16(3)9-11-17(12-10-16)13-15-7-5-4-6-8-15/h4-8,14H,9-13H2,1-3H3. The van der Waals surface area contributed by atoms with Crippen LogP contribution in [0.5, 0.6) is 0 Å². The van der Waals surface area contributed by atoms with Gasteiger partial charge in [0.1, 0.15) is 0 Å². The molecule has 1 fully saturated rings. The Hall–Kier alpha value is -0.820. The SMILES string of the molecule is CC(C)C1(C)CCN(Cc2ccccc2)CC1. The van der Waals surface area contributed by atoms with Crippen molar-refractivity contribution in [3.63, 3.8) is 0 Å². The van der Waals surface area contributed by atoms with E-state index >= 15 is 0 Å². The van der Waals surface area contributed by atoms with Crippen molar-refractivity contribution in [3.8, 4) is 0 Å². The number of benzene rings is 1. The fraction of sp³-hybridized carbons (Fsp3) is 0.625. The van der Waals surface area contributed by atoms with Gasteiger partial charge in [0, 0.05) is 6.54 Å². The van der Waals surface area contributed by atoms with Crippen molar-refractivity contribution < 1.29 is 0 Å². The first-order valence-electron chi connectivity index (χ1n) is 6.86. The largest absolute Gasteiger partial charge is 0.299 e. The quantitative estimate of drug-likeness (QED) is 0.761. The van der Waals surface area contributed by atoms with Crippen molar-refractivity contribution >= 4 is 0 Å². The predicted octanol–water partition coefficient (Wildman–Crippen LogP) is 3.94. The van der Waals surface area contributed by atoms with Crippen LogP contribution in [0.25, 0.3) is 0 Å². The molecule has 17 heavy (non-hydrogen) atoms. The van der Waals surface area contributed by atoms with Crippen LogP contribution in [-0.2, 0) is 6.54 Å². The van der Waals surface area contributed by atoms with E-state index in [1.54, 1.807) is 0 Å². The Morgan fingerprint density at radius 1 is 1.12 bits per heavy atom. The molecule has 0 atom stereocenters. The summed E-state index contributed by atoms with van der Waals surface area (Å²) in [5.74, 6) is 0.807. The summed E-state index contributed by atoms with van der Waals surface area (Å²) in [6.07, 6.45) is 2.69. The van der Waals surface area contributed by atoms with E-state index in [0.29, 0.717) is 5.41 Å². The second-order valence-corrected chi connectivity index (χ2v) is 6.07. The molecule has 0 N–H and O–H groups in total. The Morgan fingerprint density at radius 3 is 2.24 bits per heavy atom. The van der Waals surface area contributed by atoms with Crippen LogP contribution in [0.2, 0.25) is 0 Å². The van der Waals surface area contributed by atoms with E-state index in [1.807, 2.05) is 0 Å². The summed E-state index contributed by atoms with van der Waals surface area (Å²) in [5, 5.41) is 0. The first-order chi connectivity index (χ1) is 8.10. The van der Waals surface area contributed by atoms with Gasteiger partial charge in [-0.1, -0.05) is 51.1 Å². The summed E-state index contributed by atoms with van der Waals surface area (Å²) < 4.78 is 0. The number of piperidine rings is 1. The third-order valence-corrected chi connectivity index (χ3v) is 4.64. The molecular formula is C16H25N. The summed E-state index contributed by atoms with van der Waals surface area (Å²) in [6, 6.07) is 10.8. The lowest BCUT2D eigenvalue weighted by atomic mass is 9.72. The maximum Gasteiger partial charge on any atom is 0.0233 e. The molecule has 0 bridgehead atoms. The summed E-state index contributed by atoms with van der Waals surface area (Å²) in [6.45, 7) is 10.8. The maximum atomic E-state index is 2.60. The molecule has 1 aliphatic heterocycles. The number of rotatable bonds is 3. The highest BCUT2D eigenvalue weighted by Gasteiger charge is 2.32. The van der Waals surface area contributed by atoms with E-state index in [4.69, 9.17) is 0 Å². The molecule has 1 aromatic carbocycles. The molecule has 1 aliphatic rings. The molecule has 0 aliphatic carbocycles. The zero-order chi connectivity index (χ0) is 12.3. The molecule has 1 heteroatoms.